The lowest BCUT2D eigenvalue weighted by molar-refractivity contribution is 0.0923. The van der Waals surface area contributed by atoms with Crippen molar-refractivity contribution < 1.29 is 9.32 Å². The van der Waals surface area contributed by atoms with Crippen LogP contribution in [-0.2, 0) is 12.8 Å². The number of rotatable bonds is 3. The van der Waals surface area contributed by atoms with Gasteiger partial charge in [0.2, 0.25) is 0 Å². The Bertz CT molecular complexity index is 1250. The Morgan fingerprint density at radius 1 is 1.19 bits per heavy atom. The summed E-state index contributed by atoms with van der Waals surface area (Å²) in [6, 6.07) is 6.85. The Morgan fingerprint density at radius 2 is 2.06 bits per heavy atom. The predicted octanol–water partition coefficient (Wildman–Crippen LogP) is 4.23. The molecule has 2 aromatic heterocycles. The maximum absolute atomic E-state index is 13.4. The van der Waals surface area contributed by atoms with E-state index >= 15 is 0 Å². The molecule has 0 unspecified atom stereocenters. The Balaban J connectivity index is 1.21. The van der Waals surface area contributed by atoms with E-state index < -0.39 is 0 Å². The monoisotopic (exact) mass is 415 g/mol. The minimum Gasteiger partial charge on any atom is -0.349 e. The molecule has 7 nitrogen and oxygen atoms in total. The van der Waals surface area contributed by atoms with Gasteiger partial charge >= 0.3 is 0 Å². The molecule has 0 aromatic carbocycles. The lowest BCUT2D eigenvalue weighted by atomic mass is 9.90. The first-order valence-corrected chi connectivity index (χ1v) is 11.2. The molecule has 2 aliphatic carbocycles. The van der Waals surface area contributed by atoms with E-state index in [1.54, 1.807) is 0 Å². The van der Waals surface area contributed by atoms with E-state index in [1.165, 1.54) is 5.56 Å². The minimum absolute atomic E-state index is 0.00671. The van der Waals surface area contributed by atoms with Crippen molar-refractivity contribution in [2.45, 2.75) is 64.0 Å². The van der Waals surface area contributed by atoms with Gasteiger partial charge in [-0.15, -0.1) is 0 Å². The first kappa shape index (κ1) is 18.5. The summed E-state index contributed by atoms with van der Waals surface area (Å²) >= 11 is 0. The number of pyridine rings is 2. The van der Waals surface area contributed by atoms with Crippen molar-refractivity contribution in [3.63, 3.8) is 0 Å². The van der Waals surface area contributed by atoms with Gasteiger partial charge in [0.25, 0.3) is 11.6 Å². The van der Waals surface area contributed by atoms with Crippen LogP contribution in [0.5, 0.6) is 0 Å². The third-order valence-corrected chi connectivity index (χ3v) is 6.95. The predicted molar refractivity (Wildman–Crippen MR) is 116 cm³/mol. The van der Waals surface area contributed by atoms with Gasteiger partial charge in [0.1, 0.15) is 5.82 Å². The molecule has 31 heavy (non-hydrogen) atoms. The van der Waals surface area contributed by atoms with Gasteiger partial charge in [0, 0.05) is 35.7 Å². The summed E-state index contributed by atoms with van der Waals surface area (Å²) in [7, 11) is 0. The first-order valence-electron chi connectivity index (χ1n) is 11.2. The average Bonchev–Trinajstić information content (AvgIpc) is 3.52. The maximum Gasteiger partial charge on any atom is 0.259 e. The smallest absolute Gasteiger partial charge is 0.259 e. The molecule has 1 saturated carbocycles. The molecule has 4 aliphatic rings. The second-order valence-corrected chi connectivity index (χ2v) is 8.83. The number of carbonyl (C=O) groups is 1. The highest BCUT2D eigenvalue weighted by Crippen LogP contribution is 2.34. The summed E-state index contributed by atoms with van der Waals surface area (Å²) < 4.78 is 7.70. The Kier molecular flexibility index (Phi) is 4.30. The van der Waals surface area contributed by atoms with E-state index in [0.717, 1.165) is 78.7 Å². The Morgan fingerprint density at radius 3 is 2.94 bits per heavy atom. The molecular weight excluding hydrogens is 390 g/mol. The van der Waals surface area contributed by atoms with Crippen molar-refractivity contribution in [2.24, 2.45) is 0 Å². The summed E-state index contributed by atoms with van der Waals surface area (Å²) in [6.45, 7) is 1.88. The average molecular weight is 415 g/mol. The van der Waals surface area contributed by atoms with Crippen molar-refractivity contribution in [1.29, 1.82) is 0 Å². The topological polar surface area (TPSA) is 85.8 Å². The second-order valence-electron chi connectivity index (χ2n) is 8.83. The Hall–Kier alpha value is -3.22. The van der Waals surface area contributed by atoms with Gasteiger partial charge < -0.3 is 14.4 Å². The van der Waals surface area contributed by atoms with Crippen LogP contribution in [0.4, 0.5) is 0 Å². The van der Waals surface area contributed by atoms with Crippen LogP contribution in [0, 0.1) is 6.92 Å². The molecule has 0 radical (unpaired) electrons. The molecule has 158 valence electrons. The number of hydrogen-bond donors (Lipinski definition) is 1. The van der Waals surface area contributed by atoms with E-state index in [9.17, 15) is 4.79 Å². The van der Waals surface area contributed by atoms with Crippen LogP contribution < -0.4 is 5.32 Å². The normalized spacial score (nSPS) is 20.9. The minimum atomic E-state index is -0.00671. The standard InChI is InChI=1S/C24H25N5O2/c1-14-20-21(18-5-2-6-19(18)27-24(20)31-28-14)23(30)26-16-7-9-17(10-8-16)29-13-3-4-15-11-12-25-22(15)29/h3-4,11-13,16-17H,2,5-10H2,1H3,(H,26,30). The molecule has 2 aromatic rings. The van der Waals surface area contributed by atoms with Gasteiger partial charge in [-0.3, -0.25) is 4.79 Å². The van der Waals surface area contributed by atoms with E-state index in [1.807, 2.05) is 13.1 Å². The summed E-state index contributed by atoms with van der Waals surface area (Å²) in [5, 5.41) is 8.16. The first-order chi connectivity index (χ1) is 15.2. The van der Waals surface area contributed by atoms with Crippen molar-refractivity contribution in [2.75, 3.05) is 0 Å². The summed E-state index contributed by atoms with van der Waals surface area (Å²) in [6.07, 6.45) is 10.8. The Labute approximate surface area is 180 Å². The molecule has 1 amide bonds. The van der Waals surface area contributed by atoms with Gasteiger partial charge in [-0.05, 0) is 75.6 Å². The van der Waals surface area contributed by atoms with Crippen LogP contribution in [0.1, 0.15) is 65.5 Å². The number of nitrogens with zero attached hydrogens (tertiary/aromatic N) is 4. The zero-order valence-electron chi connectivity index (χ0n) is 17.6. The van der Waals surface area contributed by atoms with E-state index in [2.05, 4.69) is 49.4 Å². The van der Waals surface area contributed by atoms with Crippen LogP contribution in [0.2, 0.25) is 0 Å². The largest absolute Gasteiger partial charge is 0.349 e. The van der Waals surface area contributed by atoms with Crippen LogP contribution in [0.3, 0.4) is 0 Å². The van der Waals surface area contributed by atoms with Gasteiger partial charge in [-0.2, -0.15) is 0 Å². The molecule has 0 saturated heterocycles. The molecule has 6 rings (SSSR count). The number of hydrogen-bond acceptors (Lipinski definition) is 5. The molecule has 7 heteroatoms. The lowest BCUT2D eigenvalue weighted by Crippen LogP contribution is -2.38. The highest BCUT2D eigenvalue weighted by Gasteiger charge is 2.30. The summed E-state index contributed by atoms with van der Waals surface area (Å²) in [5.74, 6) is 1.04. The number of aryl methyl sites for hydroxylation is 2. The molecule has 2 aliphatic heterocycles. The third kappa shape index (κ3) is 3.02. The second kappa shape index (κ2) is 7.18. The molecular formula is C24H25N5O2. The lowest BCUT2D eigenvalue weighted by Gasteiger charge is -2.32. The van der Waals surface area contributed by atoms with Crippen molar-refractivity contribution >= 4 is 17.0 Å². The van der Waals surface area contributed by atoms with Crippen LogP contribution in [-0.4, -0.2) is 31.6 Å². The zero-order chi connectivity index (χ0) is 20.9. The quantitative estimate of drug-likeness (QED) is 0.541. The van der Waals surface area contributed by atoms with Crippen molar-refractivity contribution in [1.82, 2.24) is 25.0 Å². The fourth-order valence-corrected chi connectivity index (χ4v) is 5.41. The number of aromatic nitrogens is 4. The van der Waals surface area contributed by atoms with E-state index in [-0.39, 0.29) is 11.9 Å². The summed E-state index contributed by atoms with van der Waals surface area (Å²) in [5.41, 5.74) is 5.20. The SMILES string of the molecule is Cc1noc2nc3c(c(C(=O)NC4CCC(n5cccc6ccnc5-6)CC4)c12)CCC3. The molecule has 0 spiro atoms. The van der Waals surface area contributed by atoms with E-state index in [0.29, 0.717) is 11.8 Å². The number of carbonyl (C=O) groups excluding carboxylic acids is 1. The van der Waals surface area contributed by atoms with Crippen LogP contribution in [0.15, 0.2) is 35.1 Å². The van der Waals surface area contributed by atoms with Gasteiger partial charge in [0.15, 0.2) is 0 Å². The molecule has 1 fully saturated rings. The summed E-state index contributed by atoms with van der Waals surface area (Å²) in [4.78, 5) is 22.6. The molecule has 0 atom stereocenters. The number of fused-ring (bicyclic) bond motifs is 3. The van der Waals surface area contributed by atoms with E-state index in [4.69, 9.17) is 4.52 Å². The maximum atomic E-state index is 13.4. The van der Waals surface area contributed by atoms with Crippen molar-refractivity contribution in [3.8, 4) is 11.4 Å². The van der Waals surface area contributed by atoms with Gasteiger partial charge in [-0.25, -0.2) is 9.97 Å². The number of amides is 1. The highest BCUT2D eigenvalue weighted by atomic mass is 16.5. The fourth-order valence-electron chi connectivity index (χ4n) is 5.41. The fraction of sp³-hybridized carbons (Fsp3) is 0.417. The van der Waals surface area contributed by atoms with Gasteiger partial charge in [-0.1, -0.05) is 5.16 Å². The third-order valence-electron chi connectivity index (χ3n) is 6.95. The molecule has 1 N–H and O–H groups in total. The van der Waals surface area contributed by atoms with Crippen molar-refractivity contribution in [3.05, 3.63) is 53.1 Å². The number of nitrogens with one attached hydrogen (secondary N) is 1. The van der Waals surface area contributed by atoms with Crippen LogP contribution in [0.25, 0.3) is 22.5 Å². The zero-order valence-corrected chi connectivity index (χ0v) is 17.6. The molecule has 0 bridgehead atoms. The highest BCUT2D eigenvalue weighted by molar-refractivity contribution is 6.07. The van der Waals surface area contributed by atoms with Crippen LogP contribution >= 0.6 is 0 Å². The van der Waals surface area contributed by atoms with Gasteiger partial charge in [0.05, 0.1) is 16.6 Å². The molecule has 4 heterocycles.